The van der Waals surface area contributed by atoms with Crippen LogP contribution in [0.2, 0.25) is 0 Å². The van der Waals surface area contributed by atoms with Gasteiger partial charge in [-0.15, -0.1) is 0 Å². The van der Waals surface area contributed by atoms with Gasteiger partial charge in [-0.05, 0) is 62.4 Å². The summed E-state index contributed by atoms with van der Waals surface area (Å²) in [6.45, 7) is 7.31. The molecule has 1 amide bonds. The van der Waals surface area contributed by atoms with Crippen LogP contribution in [0.3, 0.4) is 0 Å². The number of benzene rings is 2. The normalized spacial score (nSPS) is 13.5. The number of ether oxygens (including phenoxy) is 1. The molecule has 27 heavy (non-hydrogen) atoms. The molecule has 1 aliphatic heterocycles. The van der Waals surface area contributed by atoms with Crippen molar-refractivity contribution in [2.45, 2.75) is 45.8 Å². The van der Waals surface area contributed by atoms with Crippen LogP contribution >= 0.6 is 0 Å². The standard InChI is InChI=1S/C23H30N2O2/c1-18(2)27-16-6-14-24-23(26)21-12-10-19(11-13-21)17-25-15-5-8-20-7-3-4-9-22(20)25/h3-4,7,9-13,18H,5-6,8,14-17H2,1-2H3,(H,24,26). The van der Waals surface area contributed by atoms with Gasteiger partial charge in [0.15, 0.2) is 0 Å². The van der Waals surface area contributed by atoms with E-state index in [2.05, 4.69) is 46.6 Å². The van der Waals surface area contributed by atoms with Gasteiger partial charge in [0.1, 0.15) is 0 Å². The average molecular weight is 367 g/mol. The van der Waals surface area contributed by atoms with Gasteiger partial charge in [-0.2, -0.15) is 0 Å². The fourth-order valence-corrected chi connectivity index (χ4v) is 3.45. The molecular formula is C23H30N2O2. The van der Waals surface area contributed by atoms with Crippen LogP contribution < -0.4 is 10.2 Å². The Labute approximate surface area is 162 Å². The van der Waals surface area contributed by atoms with Gasteiger partial charge in [0, 0.05) is 37.5 Å². The van der Waals surface area contributed by atoms with E-state index in [9.17, 15) is 4.79 Å². The van der Waals surface area contributed by atoms with Crippen LogP contribution in [0.25, 0.3) is 0 Å². The molecule has 2 aromatic rings. The zero-order valence-corrected chi connectivity index (χ0v) is 16.4. The Hall–Kier alpha value is -2.33. The number of amides is 1. The molecule has 144 valence electrons. The first kappa shape index (κ1) is 19.4. The Morgan fingerprint density at radius 1 is 1.15 bits per heavy atom. The van der Waals surface area contributed by atoms with Crippen LogP contribution in [0.5, 0.6) is 0 Å². The highest BCUT2D eigenvalue weighted by Crippen LogP contribution is 2.28. The second-order valence-corrected chi connectivity index (χ2v) is 7.38. The highest BCUT2D eigenvalue weighted by Gasteiger charge is 2.16. The number of anilines is 1. The Bertz CT molecular complexity index is 740. The molecule has 4 heteroatoms. The summed E-state index contributed by atoms with van der Waals surface area (Å²) >= 11 is 0. The highest BCUT2D eigenvalue weighted by molar-refractivity contribution is 5.94. The smallest absolute Gasteiger partial charge is 0.251 e. The summed E-state index contributed by atoms with van der Waals surface area (Å²) in [7, 11) is 0. The van der Waals surface area contributed by atoms with E-state index in [1.54, 1.807) is 0 Å². The van der Waals surface area contributed by atoms with Gasteiger partial charge >= 0.3 is 0 Å². The van der Waals surface area contributed by atoms with E-state index in [4.69, 9.17) is 4.74 Å². The molecule has 0 aliphatic carbocycles. The minimum atomic E-state index is -0.0191. The van der Waals surface area contributed by atoms with Gasteiger partial charge in [0.2, 0.25) is 0 Å². The molecule has 0 saturated carbocycles. The summed E-state index contributed by atoms with van der Waals surface area (Å²) in [5.74, 6) is -0.0191. The summed E-state index contributed by atoms with van der Waals surface area (Å²) in [5, 5.41) is 2.96. The van der Waals surface area contributed by atoms with E-state index in [0.29, 0.717) is 18.7 Å². The minimum Gasteiger partial charge on any atom is -0.379 e. The van der Waals surface area contributed by atoms with E-state index >= 15 is 0 Å². The summed E-state index contributed by atoms with van der Waals surface area (Å²) in [4.78, 5) is 14.7. The second kappa shape index (κ2) is 9.56. The predicted molar refractivity (Wildman–Crippen MR) is 110 cm³/mol. The number of rotatable bonds is 8. The van der Waals surface area contributed by atoms with Crippen molar-refractivity contribution in [3.63, 3.8) is 0 Å². The number of hydrogen-bond acceptors (Lipinski definition) is 3. The lowest BCUT2D eigenvalue weighted by molar-refractivity contribution is 0.0757. The van der Waals surface area contributed by atoms with Crippen molar-refractivity contribution >= 4 is 11.6 Å². The zero-order valence-electron chi connectivity index (χ0n) is 16.4. The number of hydrogen-bond donors (Lipinski definition) is 1. The Kier molecular flexibility index (Phi) is 6.88. The molecule has 0 spiro atoms. The number of carbonyl (C=O) groups is 1. The summed E-state index contributed by atoms with van der Waals surface area (Å²) < 4.78 is 5.49. The molecule has 0 fully saturated rings. The van der Waals surface area contributed by atoms with E-state index in [1.165, 1.54) is 23.2 Å². The third kappa shape index (κ3) is 5.57. The molecule has 0 aromatic heterocycles. The summed E-state index contributed by atoms with van der Waals surface area (Å²) in [6, 6.07) is 16.6. The maximum absolute atomic E-state index is 12.2. The second-order valence-electron chi connectivity index (χ2n) is 7.38. The lowest BCUT2D eigenvalue weighted by atomic mass is 10.0. The van der Waals surface area contributed by atoms with E-state index in [1.807, 2.05) is 26.0 Å². The molecule has 1 heterocycles. The van der Waals surface area contributed by atoms with Gasteiger partial charge in [-0.1, -0.05) is 30.3 Å². The van der Waals surface area contributed by atoms with E-state index in [0.717, 1.165) is 25.9 Å². The fourth-order valence-electron chi connectivity index (χ4n) is 3.45. The Morgan fingerprint density at radius 3 is 2.70 bits per heavy atom. The maximum Gasteiger partial charge on any atom is 0.251 e. The van der Waals surface area contributed by atoms with Crippen LogP contribution in [0.4, 0.5) is 5.69 Å². The average Bonchev–Trinajstić information content (AvgIpc) is 2.68. The first-order valence-electron chi connectivity index (χ1n) is 9.95. The first-order valence-corrected chi connectivity index (χ1v) is 9.95. The molecule has 3 rings (SSSR count). The van der Waals surface area contributed by atoms with Crippen LogP contribution in [-0.2, 0) is 17.7 Å². The topological polar surface area (TPSA) is 41.6 Å². The van der Waals surface area contributed by atoms with Crippen molar-refractivity contribution in [1.82, 2.24) is 5.32 Å². The van der Waals surface area contributed by atoms with Gasteiger partial charge in [0.25, 0.3) is 5.91 Å². The highest BCUT2D eigenvalue weighted by atomic mass is 16.5. The van der Waals surface area contributed by atoms with Crippen LogP contribution in [0, 0.1) is 0 Å². The van der Waals surface area contributed by atoms with Crippen molar-refractivity contribution in [2.75, 3.05) is 24.6 Å². The quantitative estimate of drug-likeness (QED) is 0.713. The van der Waals surface area contributed by atoms with E-state index < -0.39 is 0 Å². The fraction of sp³-hybridized carbons (Fsp3) is 0.435. The van der Waals surface area contributed by atoms with Crippen molar-refractivity contribution < 1.29 is 9.53 Å². The molecule has 0 unspecified atom stereocenters. The first-order chi connectivity index (χ1) is 13.1. The summed E-state index contributed by atoms with van der Waals surface area (Å²) in [5.41, 5.74) is 4.71. The van der Waals surface area contributed by atoms with Gasteiger partial charge in [0.05, 0.1) is 6.10 Å². The molecule has 1 N–H and O–H groups in total. The maximum atomic E-state index is 12.2. The summed E-state index contributed by atoms with van der Waals surface area (Å²) in [6.07, 6.45) is 3.42. The minimum absolute atomic E-state index is 0.0191. The molecule has 1 aliphatic rings. The third-order valence-corrected chi connectivity index (χ3v) is 4.85. The van der Waals surface area contributed by atoms with Gasteiger partial charge < -0.3 is 15.0 Å². The zero-order chi connectivity index (χ0) is 19.1. The molecular weight excluding hydrogens is 336 g/mol. The largest absolute Gasteiger partial charge is 0.379 e. The molecule has 0 atom stereocenters. The number of fused-ring (bicyclic) bond motifs is 1. The van der Waals surface area contributed by atoms with Crippen molar-refractivity contribution in [3.8, 4) is 0 Å². The van der Waals surface area contributed by atoms with Crippen molar-refractivity contribution in [3.05, 3.63) is 65.2 Å². The SMILES string of the molecule is CC(C)OCCCNC(=O)c1ccc(CN2CCCc3ccccc32)cc1. The number of carbonyl (C=O) groups excluding carboxylic acids is 1. The number of aryl methyl sites for hydroxylation is 1. The van der Waals surface area contributed by atoms with Crippen molar-refractivity contribution in [2.24, 2.45) is 0 Å². The molecule has 0 bridgehead atoms. The predicted octanol–water partition coefficient (Wildman–Crippen LogP) is 4.18. The molecule has 2 aromatic carbocycles. The third-order valence-electron chi connectivity index (χ3n) is 4.85. The monoisotopic (exact) mass is 366 g/mol. The van der Waals surface area contributed by atoms with Crippen LogP contribution in [0.1, 0.15) is 48.2 Å². The number of nitrogens with one attached hydrogen (secondary N) is 1. The number of nitrogens with zero attached hydrogens (tertiary/aromatic N) is 1. The van der Waals surface area contributed by atoms with Crippen molar-refractivity contribution in [1.29, 1.82) is 0 Å². The lowest BCUT2D eigenvalue weighted by Crippen LogP contribution is -2.28. The van der Waals surface area contributed by atoms with E-state index in [-0.39, 0.29) is 12.0 Å². The molecule has 0 saturated heterocycles. The van der Waals surface area contributed by atoms with Gasteiger partial charge in [-0.25, -0.2) is 0 Å². The molecule has 0 radical (unpaired) electrons. The van der Waals surface area contributed by atoms with Crippen LogP contribution in [0.15, 0.2) is 48.5 Å². The Morgan fingerprint density at radius 2 is 1.93 bits per heavy atom. The Balaban J connectivity index is 1.51. The number of para-hydroxylation sites is 1. The lowest BCUT2D eigenvalue weighted by Gasteiger charge is -2.31. The van der Waals surface area contributed by atoms with Crippen LogP contribution in [-0.4, -0.2) is 31.7 Å². The van der Waals surface area contributed by atoms with Gasteiger partial charge in [-0.3, -0.25) is 4.79 Å². The molecule has 4 nitrogen and oxygen atoms in total.